The van der Waals surface area contributed by atoms with Crippen molar-refractivity contribution in [3.63, 3.8) is 0 Å². The van der Waals surface area contributed by atoms with Gasteiger partial charge in [-0.3, -0.25) is 0 Å². The Bertz CT molecular complexity index is 903. The van der Waals surface area contributed by atoms with Crippen molar-refractivity contribution in [2.45, 2.75) is 12.7 Å². The number of halogens is 3. The Morgan fingerprint density at radius 3 is 2.33 bits per heavy atom. The van der Waals surface area contributed by atoms with Gasteiger partial charge in [0.25, 0.3) is 0 Å². The van der Waals surface area contributed by atoms with Crippen LogP contribution in [0.15, 0.2) is 60.7 Å². The normalized spacial score (nSPS) is 16.2. The number of hydrogen-bond donors (Lipinski definition) is 0. The molecule has 24 heavy (non-hydrogen) atoms. The molecular formula is C20H13Cl3O. The van der Waals surface area contributed by atoms with Crippen molar-refractivity contribution in [1.82, 2.24) is 0 Å². The molecule has 3 aromatic carbocycles. The van der Waals surface area contributed by atoms with Gasteiger partial charge < -0.3 is 4.74 Å². The first-order chi connectivity index (χ1) is 11.6. The second-order valence-electron chi connectivity index (χ2n) is 5.78. The van der Waals surface area contributed by atoms with Crippen LogP contribution in [-0.2, 0) is 11.3 Å². The molecule has 0 fully saturated rings. The summed E-state index contributed by atoms with van der Waals surface area (Å²) in [6.45, 7) is 0.578. The minimum Gasteiger partial charge on any atom is -0.364 e. The van der Waals surface area contributed by atoms with Crippen LogP contribution in [0.4, 0.5) is 0 Å². The Morgan fingerprint density at radius 1 is 0.792 bits per heavy atom. The van der Waals surface area contributed by atoms with Crippen LogP contribution in [0.25, 0.3) is 11.1 Å². The summed E-state index contributed by atoms with van der Waals surface area (Å²) >= 11 is 18.4. The molecule has 1 unspecified atom stereocenters. The third-order valence-corrected chi connectivity index (χ3v) is 5.06. The molecule has 0 saturated carbocycles. The largest absolute Gasteiger partial charge is 0.364 e. The number of rotatable bonds is 2. The van der Waals surface area contributed by atoms with Gasteiger partial charge in [-0.15, -0.1) is 0 Å². The van der Waals surface area contributed by atoms with Gasteiger partial charge in [-0.1, -0.05) is 59.1 Å². The number of fused-ring (bicyclic) bond motifs is 1. The van der Waals surface area contributed by atoms with E-state index in [1.807, 2.05) is 36.4 Å². The summed E-state index contributed by atoms with van der Waals surface area (Å²) in [7, 11) is 0. The van der Waals surface area contributed by atoms with Crippen LogP contribution in [0, 0.1) is 0 Å². The van der Waals surface area contributed by atoms with Crippen LogP contribution >= 0.6 is 34.8 Å². The SMILES string of the molecule is Clc1ccc(C2OCc3cc(-c4cc(Cl)ccc4Cl)ccc32)cc1. The van der Waals surface area contributed by atoms with E-state index in [4.69, 9.17) is 39.5 Å². The van der Waals surface area contributed by atoms with Crippen LogP contribution in [0.5, 0.6) is 0 Å². The van der Waals surface area contributed by atoms with E-state index in [-0.39, 0.29) is 6.10 Å². The summed E-state index contributed by atoms with van der Waals surface area (Å²) in [4.78, 5) is 0. The summed E-state index contributed by atoms with van der Waals surface area (Å²) in [6, 6.07) is 19.6. The minimum atomic E-state index is -0.0545. The lowest BCUT2D eigenvalue weighted by molar-refractivity contribution is 0.0939. The lowest BCUT2D eigenvalue weighted by Crippen LogP contribution is -1.98. The predicted octanol–water partition coefficient (Wildman–Crippen LogP) is 6.93. The molecule has 0 saturated heterocycles. The molecule has 1 aliphatic rings. The Labute approximate surface area is 155 Å². The van der Waals surface area contributed by atoms with Crippen molar-refractivity contribution in [3.8, 4) is 11.1 Å². The number of hydrogen-bond acceptors (Lipinski definition) is 1. The van der Waals surface area contributed by atoms with E-state index >= 15 is 0 Å². The lowest BCUT2D eigenvalue weighted by atomic mass is 9.95. The zero-order valence-corrected chi connectivity index (χ0v) is 14.9. The first-order valence-electron chi connectivity index (χ1n) is 7.57. The van der Waals surface area contributed by atoms with Crippen molar-refractivity contribution in [2.24, 2.45) is 0 Å². The summed E-state index contributed by atoms with van der Waals surface area (Å²) in [5.41, 5.74) is 5.43. The van der Waals surface area contributed by atoms with Gasteiger partial charge in [0.2, 0.25) is 0 Å². The van der Waals surface area contributed by atoms with Gasteiger partial charge in [0.15, 0.2) is 0 Å². The van der Waals surface area contributed by atoms with Crippen LogP contribution in [0.1, 0.15) is 22.8 Å². The third-order valence-electron chi connectivity index (χ3n) is 4.24. The lowest BCUT2D eigenvalue weighted by Gasteiger charge is -2.12. The molecule has 1 heterocycles. The highest BCUT2D eigenvalue weighted by molar-refractivity contribution is 6.35. The van der Waals surface area contributed by atoms with Crippen LogP contribution in [-0.4, -0.2) is 0 Å². The van der Waals surface area contributed by atoms with Crippen LogP contribution < -0.4 is 0 Å². The second-order valence-corrected chi connectivity index (χ2v) is 7.06. The van der Waals surface area contributed by atoms with Crippen LogP contribution in [0.2, 0.25) is 15.1 Å². The zero-order chi connectivity index (χ0) is 16.7. The second kappa shape index (κ2) is 6.42. The standard InChI is InChI=1S/C20H13Cl3O/c21-15-4-1-12(2-5-15)20-17-7-3-13(9-14(17)11-24-20)18-10-16(22)6-8-19(18)23/h1-10,20H,11H2. The summed E-state index contributed by atoms with van der Waals surface area (Å²) in [6.07, 6.45) is -0.0545. The minimum absolute atomic E-state index is 0.0545. The van der Waals surface area contributed by atoms with Crippen molar-refractivity contribution in [3.05, 3.63) is 92.4 Å². The number of benzene rings is 3. The number of ether oxygens (including phenoxy) is 1. The predicted molar refractivity (Wildman–Crippen MR) is 100.0 cm³/mol. The molecule has 3 aromatic rings. The molecule has 120 valence electrons. The molecule has 0 N–H and O–H groups in total. The first-order valence-corrected chi connectivity index (χ1v) is 8.70. The molecule has 0 spiro atoms. The van der Waals surface area contributed by atoms with Crippen molar-refractivity contribution in [2.75, 3.05) is 0 Å². The Morgan fingerprint density at radius 2 is 1.54 bits per heavy atom. The Kier molecular flexibility index (Phi) is 4.28. The maximum Gasteiger partial charge on any atom is 0.108 e. The highest BCUT2D eigenvalue weighted by atomic mass is 35.5. The molecular weight excluding hydrogens is 363 g/mol. The molecule has 0 bridgehead atoms. The van der Waals surface area contributed by atoms with Crippen molar-refractivity contribution >= 4 is 34.8 Å². The van der Waals surface area contributed by atoms with E-state index < -0.39 is 0 Å². The van der Waals surface area contributed by atoms with Gasteiger partial charge in [0.1, 0.15) is 6.10 Å². The monoisotopic (exact) mass is 374 g/mol. The van der Waals surface area contributed by atoms with E-state index in [9.17, 15) is 0 Å². The van der Waals surface area contributed by atoms with E-state index in [0.29, 0.717) is 16.7 Å². The molecule has 4 rings (SSSR count). The van der Waals surface area contributed by atoms with Gasteiger partial charge in [-0.2, -0.15) is 0 Å². The fourth-order valence-corrected chi connectivity index (χ4v) is 3.57. The summed E-state index contributed by atoms with van der Waals surface area (Å²) < 4.78 is 5.99. The molecule has 1 nitrogen and oxygen atoms in total. The van der Waals surface area contributed by atoms with Crippen molar-refractivity contribution in [1.29, 1.82) is 0 Å². The molecule has 0 aromatic heterocycles. The van der Waals surface area contributed by atoms with E-state index in [1.165, 1.54) is 11.1 Å². The maximum atomic E-state index is 6.32. The molecule has 0 amide bonds. The van der Waals surface area contributed by atoms with Gasteiger partial charge in [0.05, 0.1) is 6.61 Å². The van der Waals surface area contributed by atoms with E-state index in [0.717, 1.165) is 21.7 Å². The summed E-state index contributed by atoms with van der Waals surface area (Å²) in [5.74, 6) is 0. The van der Waals surface area contributed by atoms with Crippen LogP contribution in [0.3, 0.4) is 0 Å². The third kappa shape index (κ3) is 2.94. The van der Waals surface area contributed by atoms with Crippen molar-refractivity contribution < 1.29 is 4.74 Å². The van der Waals surface area contributed by atoms with Gasteiger partial charge in [-0.25, -0.2) is 0 Å². The maximum absolute atomic E-state index is 6.32. The Hall–Kier alpha value is -1.51. The van der Waals surface area contributed by atoms with Gasteiger partial charge >= 0.3 is 0 Å². The topological polar surface area (TPSA) is 9.23 Å². The molecule has 0 aliphatic carbocycles. The highest BCUT2D eigenvalue weighted by Gasteiger charge is 2.25. The molecule has 1 aliphatic heterocycles. The smallest absolute Gasteiger partial charge is 0.108 e. The van der Waals surface area contributed by atoms with E-state index in [2.05, 4.69) is 18.2 Å². The molecule has 4 heteroatoms. The zero-order valence-electron chi connectivity index (χ0n) is 12.6. The quantitative estimate of drug-likeness (QED) is 0.471. The van der Waals surface area contributed by atoms with Gasteiger partial charge in [-0.05, 0) is 58.7 Å². The first kappa shape index (κ1) is 16.0. The fourth-order valence-electron chi connectivity index (χ4n) is 3.05. The fraction of sp³-hybridized carbons (Fsp3) is 0.100. The Balaban J connectivity index is 1.72. The average Bonchev–Trinajstić information content (AvgIpc) is 3.01. The molecule has 1 atom stereocenters. The molecule has 0 radical (unpaired) electrons. The van der Waals surface area contributed by atoms with E-state index in [1.54, 1.807) is 6.07 Å². The summed E-state index contributed by atoms with van der Waals surface area (Å²) in [5, 5.41) is 2.08. The van der Waals surface area contributed by atoms with Gasteiger partial charge in [0, 0.05) is 20.6 Å². The highest BCUT2D eigenvalue weighted by Crippen LogP contribution is 2.39. The average molecular weight is 376 g/mol.